The van der Waals surface area contributed by atoms with E-state index in [-0.39, 0.29) is 11.7 Å². The Labute approximate surface area is 168 Å². The van der Waals surface area contributed by atoms with E-state index in [0.29, 0.717) is 37.4 Å². The van der Waals surface area contributed by atoms with Crippen LogP contribution in [0.1, 0.15) is 0 Å². The summed E-state index contributed by atoms with van der Waals surface area (Å²) < 4.78 is 1.74. The molecule has 0 saturated carbocycles. The van der Waals surface area contributed by atoms with Crippen molar-refractivity contribution >= 4 is 58.2 Å². The molecule has 11 heteroatoms. The number of benzene rings is 1. The molecule has 1 aromatic carbocycles. The number of anilines is 1. The summed E-state index contributed by atoms with van der Waals surface area (Å²) >= 11 is 19.1. The SMILES string of the molecule is Cn1c(SCC(=O)Nc2cc(Cl)c(Cl)cc2Cl)nnc1-c1cnccn1. The second-order valence-corrected chi connectivity index (χ2v) is 7.20. The zero-order chi connectivity index (χ0) is 18.7. The van der Waals surface area contributed by atoms with Gasteiger partial charge in [0.2, 0.25) is 5.91 Å². The molecule has 0 saturated heterocycles. The molecular weight excluding hydrogens is 419 g/mol. The highest BCUT2D eigenvalue weighted by Crippen LogP contribution is 2.32. The molecule has 0 unspecified atom stereocenters. The molecule has 3 rings (SSSR count). The first kappa shape index (κ1) is 18.9. The van der Waals surface area contributed by atoms with Gasteiger partial charge in [0, 0.05) is 19.4 Å². The van der Waals surface area contributed by atoms with E-state index < -0.39 is 0 Å². The molecule has 0 radical (unpaired) electrons. The molecule has 0 aliphatic carbocycles. The first-order chi connectivity index (χ1) is 12.5. The zero-order valence-corrected chi connectivity index (χ0v) is 16.4. The standard InChI is InChI=1S/C15H11Cl3N6OS/c1-24-14(12-6-19-2-3-20-12)22-23-15(24)26-7-13(25)21-11-5-9(17)8(16)4-10(11)18/h2-6H,7H2,1H3,(H,21,25). The van der Waals surface area contributed by atoms with Gasteiger partial charge in [-0.25, -0.2) is 4.98 Å². The number of hydrogen-bond acceptors (Lipinski definition) is 6. The zero-order valence-electron chi connectivity index (χ0n) is 13.3. The van der Waals surface area contributed by atoms with E-state index in [1.807, 2.05) is 0 Å². The van der Waals surface area contributed by atoms with Crippen molar-refractivity contribution in [2.24, 2.45) is 7.05 Å². The molecule has 0 aliphatic rings. The molecule has 26 heavy (non-hydrogen) atoms. The third-order valence-corrected chi connectivity index (χ3v) is 5.30. The van der Waals surface area contributed by atoms with Gasteiger partial charge in [0.15, 0.2) is 11.0 Å². The fourth-order valence-electron chi connectivity index (χ4n) is 2.01. The number of amides is 1. The Hall–Kier alpha value is -1.87. The van der Waals surface area contributed by atoms with Crippen LogP contribution >= 0.6 is 46.6 Å². The van der Waals surface area contributed by atoms with Gasteiger partial charge in [-0.15, -0.1) is 10.2 Å². The molecule has 7 nitrogen and oxygen atoms in total. The minimum atomic E-state index is -0.264. The second kappa shape index (κ2) is 8.22. The maximum absolute atomic E-state index is 12.2. The van der Waals surface area contributed by atoms with Crippen LogP contribution in [-0.4, -0.2) is 36.4 Å². The summed E-state index contributed by atoms with van der Waals surface area (Å²) in [4.78, 5) is 20.4. The minimum absolute atomic E-state index is 0.114. The Bertz CT molecular complexity index is 950. The molecule has 0 spiro atoms. The van der Waals surface area contributed by atoms with E-state index in [1.54, 1.807) is 30.2 Å². The molecule has 134 valence electrons. The maximum atomic E-state index is 12.2. The fourth-order valence-corrected chi connectivity index (χ4v) is 3.32. The Morgan fingerprint density at radius 3 is 2.65 bits per heavy atom. The molecule has 3 aromatic rings. The Morgan fingerprint density at radius 1 is 1.15 bits per heavy atom. The van der Waals surface area contributed by atoms with Crippen molar-refractivity contribution in [3.63, 3.8) is 0 Å². The van der Waals surface area contributed by atoms with E-state index in [4.69, 9.17) is 34.8 Å². The van der Waals surface area contributed by atoms with E-state index in [2.05, 4.69) is 25.5 Å². The van der Waals surface area contributed by atoms with Gasteiger partial charge in [0.25, 0.3) is 0 Å². The summed E-state index contributed by atoms with van der Waals surface area (Å²) in [5.41, 5.74) is 0.992. The van der Waals surface area contributed by atoms with Gasteiger partial charge in [-0.1, -0.05) is 46.6 Å². The average Bonchev–Trinajstić information content (AvgIpc) is 2.99. The van der Waals surface area contributed by atoms with Gasteiger partial charge in [-0.2, -0.15) is 0 Å². The van der Waals surface area contributed by atoms with Crippen molar-refractivity contribution in [2.75, 3.05) is 11.1 Å². The van der Waals surface area contributed by atoms with Crippen molar-refractivity contribution in [3.05, 3.63) is 45.8 Å². The van der Waals surface area contributed by atoms with E-state index >= 15 is 0 Å². The van der Waals surface area contributed by atoms with Crippen molar-refractivity contribution in [1.82, 2.24) is 24.7 Å². The third kappa shape index (κ3) is 4.27. The van der Waals surface area contributed by atoms with Gasteiger partial charge in [0.05, 0.1) is 32.7 Å². The number of aromatic nitrogens is 5. The van der Waals surface area contributed by atoms with Gasteiger partial charge in [0.1, 0.15) is 5.69 Å². The highest BCUT2D eigenvalue weighted by Gasteiger charge is 2.15. The van der Waals surface area contributed by atoms with E-state index in [0.717, 1.165) is 0 Å². The van der Waals surface area contributed by atoms with Crippen LogP contribution in [-0.2, 0) is 11.8 Å². The molecule has 1 N–H and O–H groups in total. The number of nitrogens with one attached hydrogen (secondary N) is 1. The Balaban J connectivity index is 1.66. The van der Waals surface area contributed by atoms with E-state index in [9.17, 15) is 4.79 Å². The average molecular weight is 430 g/mol. The lowest BCUT2D eigenvalue weighted by Gasteiger charge is -2.08. The number of rotatable bonds is 5. The van der Waals surface area contributed by atoms with Crippen LogP contribution in [0, 0.1) is 0 Å². The van der Waals surface area contributed by atoms with Crippen molar-refractivity contribution in [3.8, 4) is 11.5 Å². The number of carbonyl (C=O) groups excluding carboxylic acids is 1. The highest BCUT2D eigenvalue weighted by molar-refractivity contribution is 7.99. The number of halogens is 3. The number of hydrogen-bond donors (Lipinski definition) is 1. The van der Waals surface area contributed by atoms with Crippen LogP contribution in [0.4, 0.5) is 5.69 Å². The molecule has 2 aromatic heterocycles. The summed E-state index contributed by atoms with van der Waals surface area (Å²) in [5, 5.41) is 12.4. The normalized spacial score (nSPS) is 10.8. The first-order valence-electron chi connectivity index (χ1n) is 7.18. The van der Waals surface area contributed by atoms with Gasteiger partial charge >= 0.3 is 0 Å². The lowest BCUT2D eigenvalue weighted by Crippen LogP contribution is -2.14. The first-order valence-corrected chi connectivity index (χ1v) is 9.30. The topological polar surface area (TPSA) is 85.6 Å². The van der Waals surface area contributed by atoms with Crippen LogP contribution in [0.5, 0.6) is 0 Å². The maximum Gasteiger partial charge on any atom is 0.234 e. The summed E-state index contributed by atoms with van der Waals surface area (Å²) in [6.07, 6.45) is 4.75. The van der Waals surface area contributed by atoms with Crippen molar-refractivity contribution < 1.29 is 4.79 Å². The van der Waals surface area contributed by atoms with Crippen LogP contribution in [0.25, 0.3) is 11.5 Å². The lowest BCUT2D eigenvalue weighted by molar-refractivity contribution is -0.113. The number of nitrogens with zero attached hydrogens (tertiary/aromatic N) is 5. The molecule has 0 fully saturated rings. The Kier molecular flexibility index (Phi) is 5.98. The summed E-state index contributed by atoms with van der Waals surface area (Å²) in [6, 6.07) is 2.98. The minimum Gasteiger partial charge on any atom is -0.324 e. The van der Waals surface area contributed by atoms with Crippen LogP contribution in [0.15, 0.2) is 35.9 Å². The third-order valence-electron chi connectivity index (χ3n) is 3.24. The van der Waals surface area contributed by atoms with Crippen LogP contribution in [0.2, 0.25) is 15.1 Å². The van der Waals surface area contributed by atoms with Gasteiger partial charge in [-0.05, 0) is 12.1 Å². The van der Waals surface area contributed by atoms with Gasteiger partial charge in [-0.3, -0.25) is 9.78 Å². The molecule has 0 aliphatic heterocycles. The molecule has 1 amide bonds. The second-order valence-electron chi connectivity index (χ2n) is 5.04. The largest absolute Gasteiger partial charge is 0.324 e. The molecule has 2 heterocycles. The summed E-state index contributed by atoms with van der Waals surface area (Å²) in [5.74, 6) is 0.413. The van der Waals surface area contributed by atoms with Gasteiger partial charge < -0.3 is 9.88 Å². The van der Waals surface area contributed by atoms with Crippen LogP contribution < -0.4 is 5.32 Å². The van der Waals surface area contributed by atoms with Crippen molar-refractivity contribution in [2.45, 2.75) is 5.16 Å². The van der Waals surface area contributed by atoms with E-state index in [1.165, 1.54) is 23.9 Å². The summed E-state index contributed by atoms with van der Waals surface area (Å²) in [6.45, 7) is 0. The summed E-state index contributed by atoms with van der Waals surface area (Å²) in [7, 11) is 1.79. The smallest absolute Gasteiger partial charge is 0.234 e. The molecule has 0 bridgehead atoms. The predicted molar refractivity (Wildman–Crippen MR) is 103 cm³/mol. The molecule has 0 atom stereocenters. The monoisotopic (exact) mass is 428 g/mol. The van der Waals surface area contributed by atoms with Crippen LogP contribution in [0.3, 0.4) is 0 Å². The highest BCUT2D eigenvalue weighted by atomic mass is 35.5. The molecular formula is C15H11Cl3N6OS. The predicted octanol–water partition coefficient (Wildman–Crippen LogP) is 3.96. The fraction of sp³-hybridized carbons (Fsp3) is 0.133. The number of carbonyl (C=O) groups is 1. The lowest BCUT2D eigenvalue weighted by atomic mass is 10.3. The van der Waals surface area contributed by atoms with Crippen molar-refractivity contribution in [1.29, 1.82) is 0 Å². The number of thioether (sulfide) groups is 1. The Morgan fingerprint density at radius 2 is 1.92 bits per heavy atom. The quantitative estimate of drug-likeness (QED) is 0.488.